The lowest BCUT2D eigenvalue weighted by Crippen LogP contribution is -2.18. The van der Waals surface area contributed by atoms with E-state index in [4.69, 9.17) is 0 Å². The highest BCUT2D eigenvalue weighted by molar-refractivity contribution is 7.91. The summed E-state index contributed by atoms with van der Waals surface area (Å²) >= 11 is 0. The molecular formula is C18H18FN5O3S. The average molecular weight is 403 g/mol. The van der Waals surface area contributed by atoms with Gasteiger partial charge in [-0.3, -0.25) is 4.79 Å². The van der Waals surface area contributed by atoms with Crippen LogP contribution < -0.4 is 5.32 Å². The summed E-state index contributed by atoms with van der Waals surface area (Å²) in [6.45, 7) is 3.42. The van der Waals surface area contributed by atoms with Gasteiger partial charge in [0.25, 0.3) is 5.91 Å². The molecule has 2 aromatic carbocycles. The Morgan fingerprint density at radius 1 is 1.21 bits per heavy atom. The number of hydrogen-bond acceptors (Lipinski definition) is 6. The van der Waals surface area contributed by atoms with Gasteiger partial charge >= 0.3 is 0 Å². The number of nitrogens with one attached hydrogen (secondary N) is 1. The Balaban J connectivity index is 1.96. The van der Waals surface area contributed by atoms with Gasteiger partial charge in [-0.2, -0.15) is 4.68 Å². The lowest BCUT2D eigenvalue weighted by atomic mass is 10.2. The fraction of sp³-hybridized carbons (Fsp3) is 0.222. The first kappa shape index (κ1) is 19.6. The highest BCUT2D eigenvalue weighted by atomic mass is 32.2. The zero-order chi connectivity index (χ0) is 20.3. The number of benzene rings is 2. The summed E-state index contributed by atoms with van der Waals surface area (Å²) in [5.41, 5.74) is 0.297. The van der Waals surface area contributed by atoms with Crippen molar-refractivity contribution in [3.05, 3.63) is 59.7 Å². The van der Waals surface area contributed by atoms with Crippen LogP contribution in [0.4, 0.5) is 10.1 Å². The van der Waals surface area contributed by atoms with Crippen molar-refractivity contribution >= 4 is 21.4 Å². The number of halogens is 1. The predicted octanol–water partition coefficient (Wildman–Crippen LogP) is 2.55. The first-order valence-electron chi connectivity index (χ1n) is 8.51. The molecule has 0 saturated carbocycles. The zero-order valence-corrected chi connectivity index (χ0v) is 16.1. The molecule has 10 heteroatoms. The van der Waals surface area contributed by atoms with Crippen LogP contribution in [0.25, 0.3) is 5.69 Å². The van der Waals surface area contributed by atoms with Crippen molar-refractivity contribution < 1.29 is 17.6 Å². The van der Waals surface area contributed by atoms with Gasteiger partial charge in [-0.1, -0.05) is 19.1 Å². The Bertz CT molecular complexity index is 1130. The molecule has 3 rings (SSSR count). The number of carbonyl (C=O) groups excluding carboxylic acids is 1. The number of rotatable bonds is 6. The molecule has 0 aliphatic rings. The highest BCUT2D eigenvalue weighted by Crippen LogP contribution is 2.23. The minimum atomic E-state index is -3.62. The first-order valence-corrected chi connectivity index (χ1v) is 10.2. The van der Waals surface area contributed by atoms with Crippen LogP contribution in [0.5, 0.6) is 0 Å². The fourth-order valence-electron chi connectivity index (χ4n) is 2.70. The Morgan fingerprint density at radius 2 is 1.96 bits per heavy atom. The van der Waals surface area contributed by atoms with E-state index in [2.05, 4.69) is 20.8 Å². The van der Waals surface area contributed by atoms with E-state index >= 15 is 0 Å². The minimum Gasteiger partial charge on any atom is -0.319 e. The number of anilines is 1. The van der Waals surface area contributed by atoms with E-state index in [0.717, 1.165) is 0 Å². The van der Waals surface area contributed by atoms with Gasteiger partial charge in [-0.05, 0) is 54.1 Å². The SMILES string of the molecule is CCCS(=O)(=O)c1ccccc1C(=O)Nc1cc(-n2nnnc2C)ccc1F. The maximum Gasteiger partial charge on any atom is 0.257 e. The second-order valence-electron chi connectivity index (χ2n) is 6.07. The maximum atomic E-state index is 14.2. The van der Waals surface area contributed by atoms with Crippen LogP contribution >= 0.6 is 0 Å². The van der Waals surface area contributed by atoms with Crippen molar-refractivity contribution in [2.24, 2.45) is 0 Å². The van der Waals surface area contributed by atoms with Crippen molar-refractivity contribution in [1.82, 2.24) is 20.2 Å². The number of amides is 1. The van der Waals surface area contributed by atoms with Gasteiger partial charge in [-0.25, -0.2) is 12.8 Å². The third-order valence-corrected chi connectivity index (χ3v) is 5.98. The quantitative estimate of drug-likeness (QED) is 0.678. The van der Waals surface area contributed by atoms with Crippen LogP contribution in [0.15, 0.2) is 47.4 Å². The Morgan fingerprint density at radius 3 is 2.64 bits per heavy atom. The molecule has 0 unspecified atom stereocenters. The highest BCUT2D eigenvalue weighted by Gasteiger charge is 2.22. The molecule has 0 spiro atoms. The monoisotopic (exact) mass is 403 g/mol. The van der Waals surface area contributed by atoms with Gasteiger partial charge in [0.2, 0.25) is 0 Å². The molecule has 0 fully saturated rings. The Labute approximate surface area is 161 Å². The summed E-state index contributed by atoms with van der Waals surface area (Å²) in [6.07, 6.45) is 0.417. The standard InChI is InChI=1S/C18H18FN5O3S/c1-3-10-28(26,27)17-7-5-4-6-14(17)18(25)20-16-11-13(8-9-15(16)19)24-12(2)21-22-23-24/h4-9,11H,3,10H2,1-2H3,(H,20,25). The number of sulfone groups is 1. The number of aryl methyl sites for hydroxylation is 1. The minimum absolute atomic E-state index is 0.0423. The molecule has 1 aromatic heterocycles. The fourth-order valence-corrected chi connectivity index (χ4v) is 4.24. The summed E-state index contributed by atoms with van der Waals surface area (Å²) < 4.78 is 40.5. The van der Waals surface area contributed by atoms with E-state index in [9.17, 15) is 17.6 Å². The van der Waals surface area contributed by atoms with E-state index in [1.165, 1.54) is 35.0 Å². The predicted molar refractivity (Wildman–Crippen MR) is 101 cm³/mol. The smallest absolute Gasteiger partial charge is 0.257 e. The third-order valence-electron chi connectivity index (χ3n) is 4.01. The Hall–Kier alpha value is -3.14. The zero-order valence-electron chi connectivity index (χ0n) is 15.3. The lowest BCUT2D eigenvalue weighted by molar-refractivity contribution is 0.102. The van der Waals surface area contributed by atoms with E-state index < -0.39 is 21.6 Å². The number of tetrazole rings is 1. The van der Waals surface area contributed by atoms with Gasteiger partial charge in [0.15, 0.2) is 15.7 Å². The molecule has 1 heterocycles. The normalized spacial score (nSPS) is 11.4. The first-order chi connectivity index (χ1) is 13.3. The molecule has 1 amide bonds. The summed E-state index contributed by atoms with van der Waals surface area (Å²) in [4.78, 5) is 12.6. The van der Waals surface area contributed by atoms with Crippen molar-refractivity contribution in [3.8, 4) is 5.69 Å². The molecule has 146 valence electrons. The molecule has 3 aromatic rings. The van der Waals surface area contributed by atoms with E-state index in [0.29, 0.717) is 17.9 Å². The maximum absolute atomic E-state index is 14.2. The molecule has 0 radical (unpaired) electrons. The van der Waals surface area contributed by atoms with Crippen molar-refractivity contribution in [3.63, 3.8) is 0 Å². The average Bonchev–Trinajstić information content (AvgIpc) is 3.09. The van der Waals surface area contributed by atoms with Crippen molar-refractivity contribution in [1.29, 1.82) is 0 Å². The summed E-state index contributed by atoms with van der Waals surface area (Å²) in [5, 5.41) is 13.5. The van der Waals surface area contributed by atoms with Crippen LogP contribution in [0.2, 0.25) is 0 Å². The molecule has 0 bridgehead atoms. The molecule has 0 aliphatic carbocycles. The molecule has 28 heavy (non-hydrogen) atoms. The number of aromatic nitrogens is 4. The molecule has 8 nitrogen and oxygen atoms in total. The largest absolute Gasteiger partial charge is 0.319 e. The molecule has 0 aliphatic heterocycles. The molecule has 0 atom stereocenters. The molecular weight excluding hydrogens is 385 g/mol. The summed E-state index contributed by atoms with van der Waals surface area (Å²) in [7, 11) is -3.62. The third kappa shape index (κ3) is 3.91. The topological polar surface area (TPSA) is 107 Å². The number of carbonyl (C=O) groups is 1. The Kier molecular flexibility index (Phi) is 5.50. The van der Waals surface area contributed by atoms with Crippen LogP contribution in [0.3, 0.4) is 0 Å². The lowest BCUT2D eigenvalue weighted by Gasteiger charge is -2.12. The van der Waals surface area contributed by atoms with Gasteiger partial charge < -0.3 is 5.32 Å². The summed E-state index contributed by atoms with van der Waals surface area (Å²) in [6, 6.07) is 9.87. The second kappa shape index (κ2) is 7.85. The number of nitrogens with zero attached hydrogens (tertiary/aromatic N) is 4. The van der Waals surface area contributed by atoms with Gasteiger partial charge in [0.05, 0.1) is 27.6 Å². The van der Waals surface area contributed by atoms with Crippen LogP contribution in [0.1, 0.15) is 29.5 Å². The summed E-state index contributed by atoms with van der Waals surface area (Å²) in [5.74, 6) is -0.990. The second-order valence-corrected chi connectivity index (χ2v) is 8.15. The molecule has 1 N–H and O–H groups in total. The van der Waals surface area contributed by atoms with E-state index in [-0.39, 0.29) is 21.9 Å². The number of hydrogen-bond donors (Lipinski definition) is 1. The van der Waals surface area contributed by atoms with Crippen LogP contribution in [0, 0.1) is 12.7 Å². The van der Waals surface area contributed by atoms with Gasteiger partial charge in [0.1, 0.15) is 5.82 Å². The van der Waals surface area contributed by atoms with Crippen LogP contribution in [-0.2, 0) is 9.84 Å². The van der Waals surface area contributed by atoms with E-state index in [1.807, 2.05) is 0 Å². The van der Waals surface area contributed by atoms with E-state index in [1.54, 1.807) is 26.0 Å². The van der Waals surface area contributed by atoms with Crippen molar-refractivity contribution in [2.75, 3.05) is 11.1 Å². The van der Waals surface area contributed by atoms with Gasteiger partial charge in [-0.15, -0.1) is 5.10 Å². The van der Waals surface area contributed by atoms with Gasteiger partial charge in [0, 0.05) is 0 Å². The molecule has 0 saturated heterocycles. The van der Waals surface area contributed by atoms with Crippen LogP contribution in [-0.4, -0.2) is 40.3 Å². The van der Waals surface area contributed by atoms with Crippen molar-refractivity contribution in [2.45, 2.75) is 25.2 Å².